The van der Waals surface area contributed by atoms with Crippen LogP contribution in [0.4, 0.5) is 0 Å². The summed E-state index contributed by atoms with van der Waals surface area (Å²) in [4.78, 5) is 35.4. The molecular formula is C20H28N2O4. The molecule has 0 radical (unpaired) electrons. The molecule has 2 rings (SSSR count). The van der Waals surface area contributed by atoms with Gasteiger partial charge in [-0.05, 0) is 36.8 Å². The van der Waals surface area contributed by atoms with Crippen LogP contribution >= 0.6 is 0 Å². The lowest BCUT2D eigenvalue weighted by Crippen LogP contribution is -2.39. The van der Waals surface area contributed by atoms with E-state index in [1.165, 1.54) is 19.3 Å². The molecule has 0 spiro atoms. The molecule has 1 fully saturated rings. The molecule has 2 amide bonds. The molecule has 1 aliphatic carbocycles. The number of benzene rings is 1. The number of hydrogen-bond donors (Lipinski definition) is 3. The number of nitrogens with one attached hydrogen (secondary N) is 2. The highest BCUT2D eigenvalue weighted by Gasteiger charge is 2.21. The standard InChI is InChI=1S/C20H28N2O4/c1-14-7-5-6-10-16(14)17(12-20(25)26)22-19(24)13-21-18(23)11-15-8-3-2-4-9-15/h5-7,10,15,17H,2-4,8-9,11-13H2,1H3,(H,21,23)(H,22,24)(H,25,26). The third-order valence-corrected chi connectivity index (χ3v) is 4.92. The van der Waals surface area contributed by atoms with Crippen LogP contribution in [0.2, 0.25) is 0 Å². The first-order valence-corrected chi connectivity index (χ1v) is 9.29. The van der Waals surface area contributed by atoms with Gasteiger partial charge in [-0.2, -0.15) is 0 Å². The smallest absolute Gasteiger partial charge is 0.305 e. The highest BCUT2D eigenvalue weighted by molar-refractivity contribution is 5.85. The average Bonchev–Trinajstić information content (AvgIpc) is 2.60. The zero-order valence-corrected chi connectivity index (χ0v) is 15.3. The SMILES string of the molecule is Cc1ccccc1C(CC(=O)O)NC(=O)CNC(=O)CC1CCCCC1. The van der Waals surface area contributed by atoms with Crippen molar-refractivity contribution in [2.24, 2.45) is 5.92 Å². The molecular weight excluding hydrogens is 332 g/mol. The van der Waals surface area contributed by atoms with Gasteiger partial charge in [-0.3, -0.25) is 14.4 Å². The van der Waals surface area contributed by atoms with Crippen molar-refractivity contribution in [2.45, 2.75) is 57.9 Å². The van der Waals surface area contributed by atoms with Gasteiger partial charge in [0.05, 0.1) is 19.0 Å². The van der Waals surface area contributed by atoms with E-state index in [4.69, 9.17) is 5.11 Å². The van der Waals surface area contributed by atoms with Crippen LogP contribution in [0.3, 0.4) is 0 Å². The Bertz CT molecular complexity index is 638. The van der Waals surface area contributed by atoms with Gasteiger partial charge >= 0.3 is 5.97 Å². The second kappa shape index (κ2) is 9.94. The molecule has 6 heteroatoms. The molecule has 6 nitrogen and oxygen atoms in total. The minimum absolute atomic E-state index is 0.113. The summed E-state index contributed by atoms with van der Waals surface area (Å²) in [6.07, 6.45) is 6.00. The number of carboxylic acids is 1. The van der Waals surface area contributed by atoms with Gasteiger partial charge in [0, 0.05) is 6.42 Å². The van der Waals surface area contributed by atoms with Gasteiger partial charge in [0.1, 0.15) is 0 Å². The topological polar surface area (TPSA) is 95.5 Å². The van der Waals surface area contributed by atoms with Crippen molar-refractivity contribution in [1.82, 2.24) is 10.6 Å². The van der Waals surface area contributed by atoms with E-state index in [1.807, 2.05) is 31.2 Å². The molecule has 1 unspecified atom stereocenters. The average molecular weight is 360 g/mol. The van der Waals surface area contributed by atoms with E-state index in [-0.39, 0.29) is 24.8 Å². The lowest BCUT2D eigenvalue weighted by molar-refractivity contribution is -0.138. The number of rotatable bonds is 8. The summed E-state index contributed by atoms with van der Waals surface area (Å²) in [5.74, 6) is -1.06. The molecule has 142 valence electrons. The predicted octanol–water partition coefficient (Wildman–Crippen LogP) is 2.71. The van der Waals surface area contributed by atoms with Crippen molar-refractivity contribution >= 4 is 17.8 Å². The molecule has 0 aromatic heterocycles. The van der Waals surface area contributed by atoms with Crippen LogP contribution in [-0.4, -0.2) is 29.4 Å². The van der Waals surface area contributed by atoms with Crippen LogP contribution in [0.5, 0.6) is 0 Å². The number of hydrogen-bond acceptors (Lipinski definition) is 3. The van der Waals surface area contributed by atoms with E-state index in [1.54, 1.807) is 0 Å². The van der Waals surface area contributed by atoms with Crippen molar-refractivity contribution in [3.63, 3.8) is 0 Å². The van der Waals surface area contributed by atoms with Gasteiger partial charge in [-0.25, -0.2) is 0 Å². The van der Waals surface area contributed by atoms with Gasteiger partial charge in [-0.15, -0.1) is 0 Å². The van der Waals surface area contributed by atoms with Crippen LogP contribution in [0, 0.1) is 12.8 Å². The van der Waals surface area contributed by atoms with E-state index in [2.05, 4.69) is 10.6 Å². The number of amides is 2. The van der Waals surface area contributed by atoms with Gasteiger partial charge in [0.25, 0.3) is 0 Å². The second-order valence-electron chi connectivity index (χ2n) is 7.06. The van der Waals surface area contributed by atoms with Crippen molar-refractivity contribution in [2.75, 3.05) is 6.54 Å². The maximum atomic E-state index is 12.2. The Morgan fingerprint density at radius 1 is 1.12 bits per heavy atom. The Balaban J connectivity index is 1.85. The van der Waals surface area contributed by atoms with Crippen LogP contribution < -0.4 is 10.6 Å². The zero-order valence-electron chi connectivity index (χ0n) is 15.3. The zero-order chi connectivity index (χ0) is 18.9. The van der Waals surface area contributed by atoms with Gasteiger partial charge in [0.2, 0.25) is 11.8 Å². The maximum Gasteiger partial charge on any atom is 0.305 e. The molecule has 0 saturated heterocycles. The summed E-state index contributed by atoms with van der Waals surface area (Å²) in [5, 5.41) is 14.5. The largest absolute Gasteiger partial charge is 0.481 e. The summed E-state index contributed by atoms with van der Waals surface area (Å²) in [6, 6.07) is 6.75. The molecule has 0 heterocycles. The summed E-state index contributed by atoms with van der Waals surface area (Å²) in [6.45, 7) is 1.75. The normalized spacial score (nSPS) is 15.9. The fraction of sp³-hybridized carbons (Fsp3) is 0.550. The lowest BCUT2D eigenvalue weighted by atomic mass is 9.87. The number of aliphatic carboxylic acids is 1. The highest BCUT2D eigenvalue weighted by atomic mass is 16.4. The minimum atomic E-state index is -0.986. The minimum Gasteiger partial charge on any atom is -0.481 e. The molecule has 1 atom stereocenters. The van der Waals surface area contributed by atoms with Crippen molar-refractivity contribution in [3.8, 4) is 0 Å². The number of aryl methyl sites for hydroxylation is 1. The molecule has 3 N–H and O–H groups in total. The number of carboxylic acid groups (broad SMARTS) is 1. The fourth-order valence-corrected chi connectivity index (χ4v) is 3.54. The first-order valence-electron chi connectivity index (χ1n) is 9.29. The quantitative estimate of drug-likeness (QED) is 0.664. The van der Waals surface area contributed by atoms with E-state index in [0.29, 0.717) is 12.3 Å². The number of carbonyl (C=O) groups is 3. The Morgan fingerprint density at radius 2 is 1.81 bits per heavy atom. The Labute approximate surface area is 154 Å². The third-order valence-electron chi connectivity index (χ3n) is 4.92. The van der Waals surface area contributed by atoms with E-state index >= 15 is 0 Å². The number of carbonyl (C=O) groups excluding carboxylic acids is 2. The van der Waals surface area contributed by atoms with E-state index in [0.717, 1.165) is 24.0 Å². The van der Waals surface area contributed by atoms with Crippen LogP contribution in [0.15, 0.2) is 24.3 Å². The molecule has 1 aliphatic rings. The fourth-order valence-electron chi connectivity index (χ4n) is 3.54. The van der Waals surface area contributed by atoms with Crippen molar-refractivity contribution in [3.05, 3.63) is 35.4 Å². The predicted molar refractivity (Wildman–Crippen MR) is 98.5 cm³/mol. The molecule has 1 aromatic rings. The van der Waals surface area contributed by atoms with Crippen molar-refractivity contribution in [1.29, 1.82) is 0 Å². The molecule has 0 aliphatic heterocycles. The second-order valence-corrected chi connectivity index (χ2v) is 7.06. The Hall–Kier alpha value is -2.37. The van der Waals surface area contributed by atoms with Crippen LogP contribution in [-0.2, 0) is 14.4 Å². The molecule has 1 aromatic carbocycles. The first-order chi connectivity index (χ1) is 12.5. The molecule has 0 bridgehead atoms. The summed E-state index contributed by atoms with van der Waals surface area (Å²) < 4.78 is 0. The summed E-state index contributed by atoms with van der Waals surface area (Å²) >= 11 is 0. The van der Waals surface area contributed by atoms with Gasteiger partial charge < -0.3 is 15.7 Å². The highest BCUT2D eigenvalue weighted by Crippen LogP contribution is 2.26. The van der Waals surface area contributed by atoms with Gasteiger partial charge in [-0.1, -0.05) is 43.5 Å². The summed E-state index contributed by atoms with van der Waals surface area (Å²) in [5.41, 5.74) is 1.69. The van der Waals surface area contributed by atoms with E-state index < -0.39 is 12.0 Å². The lowest BCUT2D eigenvalue weighted by Gasteiger charge is -2.21. The van der Waals surface area contributed by atoms with Crippen LogP contribution in [0.1, 0.15) is 62.1 Å². The molecule has 1 saturated carbocycles. The summed E-state index contributed by atoms with van der Waals surface area (Å²) in [7, 11) is 0. The van der Waals surface area contributed by atoms with E-state index in [9.17, 15) is 14.4 Å². The van der Waals surface area contributed by atoms with Crippen molar-refractivity contribution < 1.29 is 19.5 Å². The van der Waals surface area contributed by atoms with Crippen LogP contribution in [0.25, 0.3) is 0 Å². The first kappa shape index (κ1) is 19.9. The maximum absolute atomic E-state index is 12.2. The third kappa shape index (κ3) is 6.50. The van der Waals surface area contributed by atoms with Gasteiger partial charge in [0.15, 0.2) is 0 Å². The Kier molecular flexibility index (Phi) is 7.63. The molecule has 26 heavy (non-hydrogen) atoms. The Morgan fingerprint density at radius 3 is 2.46 bits per heavy atom. The monoisotopic (exact) mass is 360 g/mol.